The number of rotatable bonds is 2. The van der Waals surface area contributed by atoms with Gasteiger partial charge in [0.2, 0.25) is 5.91 Å². The summed E-state index contributed by atoms with van der Waals surface area (Å²) in [7, 11) is 0. The van der Waals surface area contributed by atoms with Crippen molar-refractivity contribution in [1.29, 1.82) is 0 Å². The molecule has 130 valence electrons. The van der Waals surface area contributed by atoms with Crippen LogP contribution in [0.3, 0.4) is 0 Å². The summed E-state index contributed by atoms with van der Waals surface area (Å²) in [5.41, 5.74) is 2.40. The molecule has 1 aromatic rings. The quantitative estimate of drug-likeness (QED) is 0.858. The molecule has 2 N–H and O–H groups in total. The third-order valence-electron chi connectivity index (χ3n) is 5.90. The molecule has 24 heavy (non-hydrogen) atoms. The highest BCUT2D eigenvalue weighted by Crippen LogP contribution is 2.28. The molecule has 0 unspecified atom stereocenters. The van der Waals surface area contributed by atoms with Crippen LogP contribution in [0, 0.1) is 0 Å². The predicted octanol–water partition coefficient (Wildman–Crippen LogP) is 1.28. The summed E-state index contributed by atoms with van der Waals surface area (Å²) in [5.74, 6) is 0.229. The Balaban J connectivity index is 1.34. The first-order valence-corrected chi connectivity index (χ1v) is 9.24. The van der Waals surface area contributed by atoms with Crippen LogP contribution in [0.15, 0.2) is 24.3 Å². The van der Waals surface area contributed by atoms with Gasteiger partial charge in [0.1, 0.15) is 6.04 Å². The molecule has 5 heteroatoms. The maximum atomic E-state index is 12.9. The Morgan fingerprint density at radius 1 is 1.04 bits per heavy atom. The third kappa shape index (κ3) is 3.08. The largest absolute Gasteiger partial charge is 0.393 e. The fraction of sp³-hybridized carbons (Fsp3) is 0.632. The number of aliphatic hydroxyl groups excluding tert-OH is 1. The third-order valence-corrected chi connectivity index (χ3v) is 5.90. The molecule has 1 atom stereocenters. The van der Waals surface area contributed by atoms with Gasteiger partial charge in [-0.15, -0.1) is 0 Å². The zero-order chi connectivity index (χ0) is 16.5. The van der Waals surface area contributed by atoms with Crippen molar-refractivity contribution < 1.29 is 9.90 Å². The van der Waals surface area contributed by atoms with E-state index in [4.69, 9.17) is 0 Å². The molecule has 0 bridgehead atoms. The molecule has 3 aliphatic rings. The Bertz CT molecular complexity index is 590. The number of hydrogen-bond acceptors (Lipinski definition) is 4. The monoisotopic (exact) mass is 329 g/mol. The highest BCUT2D eigenvalue weighted by atomic mass is 16.3. The number of nitrogens with one attached hydrogen (secondary N) is 1. The maximum Gasteiger partial charge on any atom is 0.244 e. The minimum absolute atomic E-state index is 0.114. The SMILES string of the molecule is O=C([C@@H]1NCc2ccccc21)N1CCC(N2CCC(O)CC2)CC1. The van der Waals surface area contributed by atoms with E-state index in [1.807, 2.05) is 17.0 Å². The second-order valence-corrected chi connectivity index (χ2v) is 7.34. The number of benzene rings is 1. The molecule has 1 aromatic carbocycles. The number of hydrogen-bond donors (Lipinski definition) is 2. The van der Waals surface area contributed by atoms with Crippen LogP contribution in [0.4, 0.5) is 0 Å². The molecule has 0 radical (unpaired) electrons. The summed E-state index contributed by atoms with van der Waals surface area (Å²) < 4.78 is 0. The van der Waals surface area contributed by atoms with Gasteiger partial charge in [0.05, 0.1) is 6.10 Å². The van der Waals surface area contributed by atoms with Gasteiger partial charge >= 0.3 is 0 Å². The van der Waals surface area contributed by atoms with Crippen molar-refractivity contribution in [1.82, 2.24) is 15.1 Å². The molecule has 0 aromatic heterocycles. The van der Waals surface area contributed by atoms with E-state index in [0.717, 1.165) is 64.0 Å². The van der Waals surface area contributed by atoms with Crippen LogP contribution in [0.1, 0.15) is 42.9 Å². The van der Waals surface area contributed by atoms with Crippen molar-refractivity contribution in [3.8, 4) is 0 Å². The second kappa shape index (κ2) is 6.82. The van der Waals surface area contributed by atoms with Crippen molar-refractivity contribution >= 4 is 5.91 Å². The van der Waals surface area contributed by atoms with Gasteiger partial charge in [0.15, 0.2) is 0 Å². The Morgan fingerprint density at radius 3 is 2.50 bits per heavy atom. The van der Waals surface area contributed by atoms with Gasteiger partial charge in [-0.1, -0.05) is 24.3 Å². The van der Waals surface area contributed by atoms with E-state index < -0.39 is 0 Å². The fourth-order valence-electron chi connectivity index (χ4n) is 4.40. The molecular formula is C19H27N3O2. The Labute approximate surface area is 143 Å². The molecule has 3 heterocycles. The van der Waals surface area contributed by atoms with Crippen LogP contribution in [0.5, 0.6) is 0 Å². The average Bonchev–Trinajstić information content (AvgIpc) is 3.06. The molecule has 2 saturated heterocycles. The van der Waals surface area contributed by atoms with E-state index in [1.54, 1.807) is 0 Å². The van der Waals surface area contributed by atoms with Crippen molar-refractivity contribution in [2.45, 2.75) is 50.4 Å². The molecule has 3 aliphatic heterocycles. The summed E-state index contributed by atoms with van der Waals surface area (Å²) in [6.07, 6.45) is 3.77. The number of fused-ring (bicyclic) bond motifs is 1. The number of aliphatic hydroxyl groups is 1. The zero-order valence-corrected chi connectivity index (χ0v) is 14.2. The van der Waals surface area contributed by atoms with E-state index in [-0.39, 0.29) is 18.1 Å². The Morgan fingerprint density at radius 2 is 1.75 bits per heavy atom. The first kappa shape index (κ1) is 16.1. The topological polar surface area (TPSA) is 55.8 Å². The number of piperidine rings is 2. The first-order chi connectivity index (χ1) is 11.7. The summed E-state index contributed by atoms with van der Waals surface area (Å²) in [6.45, 7) is 4.49. The van der Waals surface area contributed by atoms with Gasteiger partial charge in [-0.05, 0) is 36.8 Å². The summed E-state index contributed by atoms with van der Waals surface area (Å²) in [6, 6.07) is 8.64. The van der Waals surface area contributed by atoms with Crippen molar-refractivity contribution in [2.24, 2.45) is 0 Å². The van der Waals surface area contributed by atoms with Crippen LogP contribution < -0.4 is 5.32 Å². The summed E-state index contributed by atoms with van der Waals surface area (Å²) in [5, 5.41) is 13.0. The lowest BCUT2D eigenvalue weighted by Crippen LogP contribution is -2.50. The van der Waals surface area contributed by atoms with E-state index >= 15 is 0 Å². The number of carbonyl (C=O) groups excluding carboxylic acids is 1. The Hall–Kier alpha value is -1.43. The van der Waals surface area contributed by atoms with Crippen LogP contribution in [0.25, 0.3) is 0 Å². The lowest BCUT2D eigenvalue weighted by atomic mass is 9.97. The van der Waals surface area contributed by atoms with Gasteiger partial charge < -0.3 is 14.9 Å². The second-order valence-electron chi connectivity index (χ2n) is 7.34. The standard InChI is InChI=1S/C19H27N3O2/c23-16-7-11-21(12-8-16)15-5-9-22(10-6-15)19(24)18-17-4-2-1-3-14(17)13-20-18/h1-4,15-16,18,20,23H,5-13H2/t18-/m1/s1. The van der Waals surface area contributed by atoms with Crippen molar-refractivity contribution in [3.63, 3.8) is 0 Å². The number of carbonyl (C=O) groups is 1. The van der Waals surface area contributed by atoms with Gasteiger partial charge in [-0.2, -0.15) is 0 Å². The molecule has 0 saturated carbocycles. The predicted molar refractivity (Wildman–Crippen MR) is 92.4 cm³/mol. The minimum Gasteiger partial charge on any atom is -0.393 e. The van der Waals surface area contributed by atoms with Crippen LogP contribution in [-0.4, -0.2) is 59.1 Å². The number of nitrogens with zero attached hydrogens (tertiary/aromatic N) is 2. The Kier molecular flexibility index (Phi) is 4.57. The highest BCUT2D eigenvalue weighted by Gasteiger charge is 2.34. The normalized spacial score (nSPS) is 26.5. The lowest BCUT2D eigenvalue weighted by Gasteiger charge is -2.41. The highest BCUT2D eigenvalue weighted by molar-refractivity contribution is 5.84. The van der Waals surface area contributed by atoms with Crippen molar-refractivity contribution in [3.05, 3.63) is 35.4 Å². The zero-order valence-electron chi connectivity index (χ0n) is 14.2. The first-order valence-electron chi connectivity index (χ1n) is 9.24. The summed E-state index contributed by atoms with van der Waals surface area (Å²) in [4.78, 5) is 17.5. The summed E-state index contributed by atoms with van der Waals surface area (Å²) >= 11 is 0. The molecule has 0 aliphatic carbocycles. The van der Waals surface area contributed by atoms with Crippen LogP contribution in [-0.2, 0) is 11.3 Å². The molecule has 2 fully saturated rings. The molecule has 0 spiro atoms. The van der Waals surface area contributed by atoms with Gasteiger partial charge in [0, 0.05) is 38.8 Å². The van der Waals surface area contributed by atoms with Crippen molar-refractivity contribution in [2.75, 3.05) is 26.2 Å². The van der Waals surface area contributed by atoms with E-state index in [9.17, 15) is 9.90 Å². The molecule has 5 nitrogen and oxygen atoms in total. The number of amides is 1. The smallest absolute Gasteiger partial charge is 0.244 e. The van der Waals surface area contributed by atoms with Gasteiger partial charge in [-0.25, -0.2) is 0 Å². The van der Waals surface area contributed by atoms with E-state index in [2.05, 4.69) is 22.3 Å². The average molecular weight is 329 g/mol. The van der Waals surface area contributed by atoms with E-state index in [1.165, 1.54) is 5.56 Å². The molecule has 1 amide bonds. The maximum absolute atomic E-state index is 12.9. The van der Waals surface area contributed by atoms with Crippen LogP contribution in [0.2, 0.25) is 0 Å². The van der Waals surface area contributed by atoms with Gasteiger partial charge in [0.25, 0.3) is 0 Å². The lowest BCUT2D eigenvalue weighted by molar-refractivity contribution is -0.135. The molecule has 4 rings (SSSR count). The molecular weight excluding hydrogens is 302 g/mol. The fourth-order valence-corrected chi connectivity index (χ4v) is 4.40. The van der Waals surface area contributed by atoms with Crippen LogP contribution >= 0.6 is 0 Å². The minimum atomic E-state index is -0.164. The number of likely N-dealkylation sites (tertiary alicyclic amines) is 2. The van der Waals surface area contributed by atoms with Gasteiger partial charge in [-0.3, -0.25) is 10.1 Å². The van der Waals surface area contributed by atoms with E-state index in [0.29, 0.717) is 6.04 Å².